The lowest BCUT2D eigenvalue weighted by Gasteiger charge is -2.48. The van der Waals surface area contributed by atoms with Crippen molar-refractivity contribution in [2.75, 3.05) is 37.5 Å². The molecule has 8 heteroatoms. The van der Waals surface area contributed by atoms with Crippen molar-refractivity contribution in [3.8, 4) is 5.75 Å². The molecule has 0 aromatic heterocycles. The lowest BCUT2D eigenvalue weighted by molar-refractivity contribution is -0.117. The number of halogens is 1. The summed E-state index contributed by atoms with van der Waals surface area (Å²) in [4.78, 5) is 33.1. The summed E-state index contributed by atoms with van der Waals surface area (Å²) in [6.07, 6.45) is 3.73. The standard InChI is InChI=1S/C32H35IN4O3/c1-35(2)32(23-8-5-4-6-9-23)18-16-31(17-19-32)21-37(30(39)34-31)26-11-7-10-25-27(26)28(33)29(38)36(25)20-22-12-14-24(40-3)15-13-22/h4-15,28H,16-21H2,1-3H3,(H,34,39). The van der Waals surface area contributed by atoms with Crippen molar-refractivity contribution in [1.82, 2.24) is 10.2 Å². The van der Waals surface area contributed by atoms with Gasteiger partial charge in [-0.3, -0.25) is 14.6 Å². The molecule has 1 unspecified atom stereocenters. The van der Waals surface area contributed by atoms with Gasteiger partial charge in [0, 0.05) is 11.1 Å². The number of hydrogen-bond acceptors (Lipinski definition) is 4. The van der Waals surface area contributed by atoms with Crippen LogP contribution in [-0.2, 0) is 16.9 Å². The molecule has 3 aromatic rings. The highest BCUT2D eigenvalue weighted by molar-refractivity contribution is 14.1. The van der Waals surface area contributed by atoms with Crippen molar-refractivity contribution in [2.45, 2.75) is 47.2 Å². The van der Waals surface area contributed by atoms with Gasteiger partial charge in [0.05, 0.1) is 37.1 Å². The Morgan fingerprint density at radius 2 is 1.60 bits per heavy atom. The number of hydrogen-bond donors (Lipinski definition) is 1. The second-order valence-corrected chi connectivity index (χ2v) is 12.7. The fourth-order valence-electron chi connectivity index (χ4n) is 6.80. The molecule has 2 fully saturated rings. The molecular weight excluding hydrogens is 615 g/mol. The van der Waals surface area contributed by atoms with Gasteiger partial charge in [0.1, 0.15) is 9.67 Å². The van der Waals surface area contributed by atoms with Gasteiger partial charge in [-0.1, -0.05) is 71.1 Å². The highest BCUT2D eigenvalue weighted by atomic mass is 127. The lowest BCUT2D eigenvalue weighted by Crippen LogP contribution is -2.54. The van der Waals surface area contributed by atoms with Crippen molar-refractivity contribution in [1.29, 1.82) is 0 Å². The van der Waals surface area contributed by atoms with Crippen LogP contribution in [-0.4, -0.2) is 50.1 Å². The summed E-state index contributed by atoms with van der Waals surface area (Å²) in [6, 6.07) is 24.4. The number of carbonyl (C=O) groups excluding carboxylic acids is 2. The first kappa shape index (κ1) is 27.1. The van der Waals surface area contributed by atoms with Crippen LogP contribution >= 0.6 is 22.6 Å². The minimum Gasteiger partial charge on any atom is -0.497 e. The van der Waals surface area contributed by atoms with E-state index in [0.717, 1.165) is 53.9 Å². The Morgan fingerprint density at radius 3 is 2.25 bits per heavy atom. The molecule has 1 spiro atoms. The fourth-order valence-corrected chi connectivity index (χ4v) is 7.77. The third-order valence-corrected chi connectivity index (χ3v) is 10.3. The van der Waals surface area contributed by atoms with Gasteiger partial charge >= 0.3 is 6.03 Å². The normalized spacial score (nSPS) is 26.0. The van der Waals surface area contributed by atoms with Gasteiger partial charge in [0.25, 0.3) is 0 Å². The third-order valence-electron chi connectivity index (χ3n) is 9.16. The summed E-state index contributed by atoms with van der Waals surface area (Å²) in [5, 5.41) is 3.38. The summed E-state index contributed by atoms with van der Waals surface area (Å²) in [5.41, 5.74) is 4.69. The van der Waals surface area contributed by atoms with Crippen LogP contribution in [0.1, 0.15) is 46.3 Å². The zero-order valence-corrected chi connectivity index (χ0v) is 25.4. The number of benzene rings is 3. The van der Waals surface area contributed by atoms with E-state index in [1.54, 1.807) is 7.11 Å². The number of anilines is 2. The maximum absolute atomic E-state index is 13.5. The SMILES string of the molecule is COc1ccc(CN2C(=O)C(I)c3c(N4CC5(CCC(c6ccccc6)(N(C)C)CC5)NC4=O)cccc32)cc1. The van der Waals surface area contributed by atoms with Gasteiger partial charge in [-0.25, -0.2) is 4.79 Å². The maximum Gasteiger partial charge on any atom is 0.322 e. The Bertz CT molecular complexity index is 1420. The Kier molecular flexibility index (Phi) is 7.02. The number of rotatable bonds is 6. The van der Waals surface area contributed by atoms with E-state index in [9.17, 15) is 9.59 Å². The molecule has 1 atom stereocenters. The minimum atomic E-state index is -0.350. The second-order valence-electron chi connectivity index (χ2n) is 11.4. The second kappa shape index (κ2) is 10.4. The van der Waals surface area contributed by atoms with Gasteiger partial charge in [-0.15, -0.1) is 0 Å². The zero-order chi connectivity index (χ0) is 28.1. The third kappa shape index (κ3) is 4.45. The predicted octanol–water partition coefficient (Wildman–Crippen LogP) is 6.02. The first-order valence-electron chi connectivity index (χ1n) is 13.8. The van der Waals surface area contributed by atoms with Crippen molar-refractivity contribution < 1.29 is 14.3 Å². The Labute approximate surface area is 249 Å². The van der Waals surface area contributed by atoms with Crippen LogP contribution in [0.5, 0.6) is 5.75 Å². The number of nitrogens with zero attached hydrogens (tertiary/aromatic N) is 3. The topological polar surface area (TPSA) is 65.1 Å². The molecular formula is C32H35IN4O3. The molecule has 2 heterocycles. The molecule has 3 amide bonds. The monoisotopic (exact) mass is 650 g/mol. The molecule has 0 bridgehead atoms. The number of methoxy groups -OCH3 is 1. The Hall–Kier alpha value is -3.11. The summed E-state index contributed by atoms with van der Waals surface area (Å²) in [6.45, 7) is 1.08. The molecule has 3 aromatic carbocycles. The smallest absolute Gasteiger partial charge is 0.322 e. The van der Waals surface area contributed by atoms with Crippen molar-refractivity contribution in [3.05, 3.63) is 89.5 Å². The van der Waals surface area contributed by atoms with Crippen LogP contribution in [0.15, 0.2) is 72.8 Å². The molecule has 6 rings (SSSR count). The van der Waals surface area contributed by atoms with Gasteiger partial charge in [-0.2, -0.15) is 0 Å². The molecule has 7 nitrogen and oxygen atoms in total. The van der Waals surface area contributed by atoms with E-state index in [0.29, 0.717) is 13.1 Å². The van der Waals surface area contributed by atoms with Crippen LogP contribution < -0.4 is 19.9 Å². The Morgan fingerprint density at radius 1 is 0.925 bits per heavy atom. The van der Waals surface area contributed by atoms with Gasteiger partial charge < -0.3 is 15.0 Å². The summed E-state index contributed by atoms with van der Waals surface area (Å²) < 4.78 is 4.93. The lowest BCUT2D eigenvalue weighted by atomic mass is 9.69. The van der Waals surface area contributed by atoms with Crippen LogP contribution in [0.25, 0.3) is 0 Å². The summed E-state index contributed by atoms with van der Waals surface area (Å²) >= 11 is 2.23. The number of alkyl halides is 1. The quantitative estimate of drug-likeness (QED) is 0.262. The highest BCUT2D eigenvalue weighted by Crippen LogP contribution is 2.50. The number of fused-ring (bicyclic) bond motifs is 1. The predicted molar refractivity (Wildman–Crippen MR) is 166 cm³/mol. The van der Waals surface area contributed by atoms with E-state index in [2.05, 4.69) is 77.2 Å². The Balaban J connectivity index is 1.25. The maximum atomic E-state index is 13.5. The van der Waals surface area contributed by atoms with E-state index >= 15 is 0 Å². The number of nitrogens with one attached hydrogen (secondary N) is 1. The van der Waals surface area contributed by atoms with E-state index < -0.39 is 0 Å². The molecule has 1 aliphatic carbocycles. The number of urea groups is 1. The number of amides is 3. The molecule has 1 saturated heterocycles. The average molecular weight is 651 g/mol. The average Bonchev–Trinajstić information content (AvgIpc) is 3.42. The van der Waals surface area contributed by atoms with Crippen molar-refractivity contribution >= 4 is 45.9 Å². The number of ether oxygens (including phenoxy) is 1. The number of carbonyl (C=O) groups is 2. The van der Waals surface area contributed by atoms with Crippen LogP contribution in [0.2, 0.25) is 0 Å². The first-order valence-corrected chi connectivity index (χ1v) is 15.1. The van der Waals surface area contributed by atoms with Gasteiger partial charge in [0.2, 0.25) is 5.91 Å². The molecule has 0 radical (unpaired) electrons. The largest absolute Gasteiger partial charge is 0.497 e. The van der Waals surface area contributed by atoms with Crippen LogP contribution in [0, 0.1) is 0 Å². The van der Waals surface area contributed by atoms with Crippen molar-refractivity contribution in [3.63, 3.8) is 0 Å². The fraction of sp³-hybridized carbons (Fsp3) is 0.375. The van der Waals surface area contributed by atoms with E-state index in [1.165, 1.54) is 5.56 Å². The zero-order valence-electron chi connectivity index (χ0n) is 23.2. The molecule has 2 aliphatic heterocycles. The molecule has 3 aliphatic rings. The first-order chi connectivity index (χ1) is 19.3. The highest BCUT2D eigenvalue weighted by Gasteiger charge is 2.51. The molecule has 208 valence electrons. The summed E-state index contributed by atoms with van der Waals surface area (Å²) in [7, 11) is 5.96. The molecule has 1 N–H and O–H groups in total. The van der Waals surface area contributed by atoms with Crippen LogP contribution in [0.3, 0.4) is 0 Å². The van der Waals surface area contributed by atoms with Crippen molar-refractivity contribution in [2.24, 2.45) is 0 Å². The molecule has 1 saturated carbocycles. The van der Waals surface area contributed by atoms with Gasteiger partial charge in [0.15, 0.2) is 0 Å². The van der Waals surface area contributed by atoms with E-state index in [-0.39, 0.29) is 26.9 Å². The minimum absolute atomic E-state index is 0.0413. The van der Waals surface area contributed by atoms with E-state index in [4.69, 9.17) is 4.74 Å². The van der Waals surface area contributed by atoms with Gasteiger partial charge in [-0.05, 0) is 75.2 Å². The summed E-state index contributed by atoms with van der Waals surface area (Å²) in [5.74, 6) is 0.832. The van der Waals surface area contributed by atoms with E-state index in [1.807, 2.05) is 52.3 Å². The van der Waals surface area contributed by atoms with Crippen LogP contribution in [0.4, 0.5) is 16.2 Å². The molecule has 40 heavy (non-hydrogen) atoms.